The average molecular weight is 481 g/mol. The fourth-order valence-corrected chi connectivity index (χ4v) is 3.74. The van der Waals surface area contributed by atoms with Gasteiger partial charge in [0.05, 0.1) is 18.5 Å². The molecule has 0 radical (unpaired) electrons. The van der Waals surface area contributed by atoms with E-state index in [-0.39, 0.29) is 43.5 Å². The van der Waals surface area contributed by atoms with Crippen LogP contribution in [-0.2, 0) is 20.9 Å². The number of hydrogen-bond acceptors (Lipinski definition) is 5. The van der Waals surface area contributed by atoms with Gasteiger partial charge in [0.2, 0.25) is 17.7 Å². The number of nitrogens with one attached hydrogen (secondary N) is 4. The van der Waals surface area contributed by atoms with Crippen molar-refractivity contribution in [1.82, 2.24) is 21.3 Å². The summed E-state index contributed by atoms with van der Waals surface area (Å²) >= 11 is 0. The topological polar surface area (TPSA) is 126 Å². The number of aryl methyl sites for hydroxylation is 1. The predicted molar refractivity (Wildman–Crippen MR) is 131 cm³/mol. The third-order valence-corrected chi connectivity index (χ3v) is 5.78. The van der Waals surface area contributed by atoms with Crippen molar-refractivity contribution in [2.75, 3.05) is 13.2 Å². The van der Waals surface area contributed by atoms with Crippen LogP contribution in [-0.4, -0.2) is 48.9 Å². The summed E-state index contributed by atoms with van der Waals surface area (Å²) in [7, 11) is 0. The second-order valence-corrected chi connectivity index (χ2v) is 8.80. The van der Waals surface area contributed by atoms with Crippen LogP contribution in [0.15, 0.2) is 48.5 Å². The summed E-state index contributed by atoms with van der Waals surface area (Å²) in [6, 6.07) is 12.3. The molecule has 2 aromatic rings. The van der Waals surface area contributed by atoms with E-state index in [1.165, 1.54) is 0 Å². The van der Waals surface area contributed by atoms with Crippen LogP contribution in [0.5, 0.6) is 5.75 Å². The highest BCUT2D eigenvalue weighted by atomic mass is 16.5. The van der Waals surface area contributed by atoms with Gasteiger partial charge in [-0.2, -0.15) is 0 Å². The fraction of sp³-hybridized carbons (Fsp3) is 0.385. The monoisotopic (exact) mass is 480 g/mol. The van der Waals surface area contributed by atoms with Gasteiger partial charge in [0.15, 0.2) is 0 Å². The molecule has 0 unspecified atom stereocenters. The Hall–Kier alpha value is -3.88. The zero-order chi connectivity index (χ0) is 25.4. The minimum absolute atomic E-state index is 0.134. The summed E-state index contributed by atoms with van der Waals surface area (Å²) in [6.07, 6.45) is -0.329. The van der Waals surface area contributed by atoms with Crippen LogP contribution in [0.3, 0.4) is 0 Å². The summed E-state index contributed by atoms with van der Waals surface area (Å²) in [5.74, 6) is -1.76. The predicted octanol–water partition coefficient (Wildman–Crippen LogP) is 1.45. The number of hydrogen-bond donors (Lipinski definition) is 4. The molecule has 0 bridgehead atoms. The van der Waals surface area contributed by atoms with Crippen molar-refractivity contribution in [3.8, 4) is 5.75 Å². The van der Waals surface area contributed by atoms with Crippen molar-refractivity contribution in [1.29, 1.82) is 0 Å². The minimum atomic E-state index is -1.15. The van der Waals surface area contributed by atoms with E-state index in [1.807, 2.05) is 45.0 Å². The summed E-state index contributed by atoms with van der Waals surface area (Å²) in [6.45, 7) is 6.15. The lowest BCUT2D eigenvalue weighted by molar-refractivity contribution is -0.132. The Balaban J connectivity index is 1.85. The number of para-hydroxylation sites is 1. The molecule has 0 saturated heterocycles. The molecule has 3 rings (SSSR count). The number of carbonyl (C=O) groups is 4. The number of amides is 4. The summed E-state index contributed by atoms with van der Waals surface area (Å²) in [5.41, 5.74) is 2.17. The first-order valence-electron chi connectivity index (χ1n) is 11.7. The Morgan fingerprint density at radius 2 is 1.77 bits per heavy atom. The average Bonchev–Trinajstić information content (AvgIpc) is 2.83. The molecule has 0 aromatic heterocycles. The van der Waals surface area contributed by atoms with E-state index in [0.29, 0.717) is 5.75 Å². The molecule has 0 aliphatic carbocycles. The zero-order valence-corrected chi connectivity index (χ0v) is 20.2. The third kappa shape index (κ3) is 7.05. The van der Waals surface area contributed by atoms with E-state index < -0.39 is 29.8 Å². The molecular weight excluding hydrogens is 448 g/mol. The van der Waals surface area contributed by atoms with Crippen LogP contribution < -0.4 is 26.0 Å². The lowest BCUT2D eigenvalue weighted by Gasteiger charge is -2.24. The van der Waals surface area contributed by atoms with E-state index in [1.54, 1.807) is 24.3 Å². The van der Waals surface area contributed by atoms with E-state index in [2.05, 4.69) is 21.3 Å². The lowest BCUT2D eigenvalue weighted by atomic mass is 10.0. The van der Waals surface area contributed by atoms with Crippen molar-refractivity contribution < 1.29 is 23.9 Å². The van der Waals surface area contributed by atoms with Crippen LogP contribution in [0.1, 0.15) is 41.8 Å². The maximum absolute atomic E-state index is 13.1. The van der Waals surface area contributed by atoms with E-state index in [4.69, 9.17) is 4.74 Å². The summed E-state index contributed by atoms with van der Waals surface area (Å²) in [4.78, 5) is 51.7. The van der Waals surface area contributed by atoms with Gasteiger partial charge in [-0.1, -0.05) is 50.2 Å². The van der Waals surface area contributed by atoms with Crippen LogP contribution in [0.4, 0.5) is 0 Å². The molecule has 0 fully saturated rings. The molecule has 35 heavy (non-hydrogen) atoms. The van der Waals surface area contributed by atoms with Gasteiger partial charge < -0.3 is 26.0 Å². The Morgan fingerprint density at radius 1 is 1.06 bits per heavy atom. The van der Waals surface area contributed by atoms with Gasteiger partial charge in [-0.25, -0.2) is 0 Å². The van der Waals surface area contributed by atoms with E-state index in [9.17, 15) is 19.2 Å². The first kappa shape index (κ1) is 25.7. The lowest BCUT2D eigenvalue weighted by Crippen LogP contribution is -2.53. The highest BCUT2D eigenvalue weighted by molar-refractivity contribution is 6.01. The molecular formula is C26H32N4O5. The van der Waals surface area contributed by atoms with Crippen molar-refractivity contribution >= 4 is 23.6 Å². The highest BCUT2D eigenvalue weighted by Crippen LogP contribution is 2.18. The first-order chi connectivity index (χ1) is 16.8. The maximum atomic E-state index is 13.1. The Labute approximate surface area is 205 Å². The number of carbonyl (C=O) groups excluding carboxylic acids is 4. The Bertz CT molecular complexity index is 1080. The molecule has 0 spiro atoms. The van der Waals surface area contributed by atoms with Gasteiger partial charge in [-0.05, 0) is 36.1 Å². The molecule has 9 heteroatoms. The molecule has 186 valence electrons. The van der Waals surface area contributed by atoms with Crippen molar-refractivity contribution in [3.63, 3.8) is 0 Å². The van der Waals surface area contributed by atoms with Crippen molar-refractivity contribution in [2.24, 2.45) is 5.92 Å². The number of rotatable bonds is 4. The molecule has 1 aliphatic rings. The van der Waals surface area contributed by atoms with Gasteiger partial charge >= 0.3 is 0 Å². The second-order valence-electron chi connectivity index (χ2n) is 8.80. The van der Waals surface area contributed by atoms with Crippen molar-refractivity contribution in [3.05, 3.63) is 65.2 Å². The summed E-state index contributed by atoms with van der Waals surface area (Å²) < 4.78 is 5.72. The molecule has 4 N–H and O–H groups in total. The first-order valence-corrected chi connectivity index (χ1v) is 11.7. The minimum Gasteiger partial charge on any atom is -0.491 e. The second kappa shape index (κ2) is 12.0. The Kier molecular flexibility index (Phi) is 8.83. The van der Waals surface area contributed by atoms with Crippen LogP contribution in [0, 0.1) is 12.8 Å². The molecule has 2 aromatic carbocycles. The van der Waals surface area contributed by atoms with Gasteiger partial charge in [-0.15, -0.1) is 0 Å². The van der Waals surface area contributed by atoms with Crippen LogP contribution in [0.25, 0.3) is 0 Å². The fourth-order valence-electron chi connectivity index (χ4n) is 3.74. The van der Waals surface area contributed by atoms with Crippen LogP contribution >= 0.6 is 0 Å². The van der Waals surface area contributed by atoms with Crippen molar-refractivity contribution in [2.45, 2.75) is 45.8 Å². The van der Waals surface area contributed by atoms with Gasteiger partial charge in [0.25, 0.3) is 5.91 Å². The molecule has 2 atom stereocenters. The number of ether oxygens (including phenoxy) is 1. The van der Waals surface area contributed by atoms with Gasteiger partial charge in [0.1, 0.15) is 24.4 Å². The SMILES string of the molecule is Cc1ccccc1CNC(=O)[C@@H]1CC(=O)N[C@H](C(C)C)C(=O)NCCOc2ccccc2C(=O)N1. The Morgan fingerprint density at radius 3 is 2.51 bits per heavy atom. The maximum Gasteiger partial charge on any atom is 0.255 e. The van der Waals surface area contributed by atoms with Gasteiger partial charge in [-0.3, -0.25) is 19.2 Å². The number of fused-ring (bicyclic) bond motifs is 1. The largest absolute Gasteiger partial charge is 0.491 e. The third-order valence-electron chi connectivity index (χ3n) is 5.78. The molecule has 0 saturated carbocycles. The molecule has 9 nitrogen and oxygen atoms in total. The molecule has 1 aliphatic heterocycles. The zero-order valence-electron chi connectivity index (χ0n) is 20.2. The normalized spacial score (nSPS) is 19.4. The molecule has 1 heterocycles. The van der Waals surface area contributed by atoms with E-state index >= 15 is 0 Å². The molecule has 4 amide bonds. The van der Waals surface area contributed by atoms with Crippen LogP contribution in [0.2, 0.25) is 0 Å². The van der Waals surface area contributed by atoms with Gasteiger partial charge in [0, 0.05) is 6.54 Å². The van der Waals surface area contributed by atoms with E-state index in [0.717, 1.165) is 11.1 Å². The highest BCUT2D eigenvalue weighted by Gasteiger charge is 2.29. The number of benzene rings is 2. The quantitative estimate of drug-likeness (QED) is 0.527. The smallest absolute Gasteiger partial charge is 0.255 e. The standard InChI is InChI=1S/C26H32N4O5/c1-16(2)23-26(34)27-12-13-35-21-11-7-6-10-19(21)24(32)29-20(14-22(31)30-23)25(33)28-15-18-9-5-4-8-17(18)3/h4-11,16,20,23H,12-15H2,1-3H3,(H,27,34)(H,28,33)(H,29,32)(H,30,31)/t20-,23+/m0/s1. The summed E-state index contributed by atoms with van der Waals surface area (Å²) in [5, 5.41) is 10.9.